The molecule has 0 bridgehead atoms. The number of rotatable bonds is 6. The highest BCUT2D eigenvalue weighted by Gasteiger charge is 2.28. The topological polar surface area (TPSA) is 82.2 Å². The summed E-state index contributed by atoms with van der Waals surface area (Å²) in [6, 6.07) is 0. The van der Waals surface area contributed by atoms with Crippen molar-refractivity contribution in [1.82, 2.24) is 15.1 Å². The maximum atomic E-state index is 12.3. The number of nitrogens with one attached hydrogen (secondary N) is 1. The number of ether oxygens (including phenoxy) is 1. The van der Waals surface area contributed by atoms with E-state index in [9.17, 15) is 4.79 Å². The molecular weight excluding hydrogens is 268 g/mol. The van der Waals surface area contributed by atoms with E-state index in [4.69, 9.17) is 10.5 Å². The molecule has 118 valence electrons. The normalized spacial score (nSPS) is 17.7. The first-order chi connectivity index (χ1) is 10.1. The fourth-order valence-corrected chi connectivity index (χ4v) is 2.57. The molecule has 21 heavy (non-hydrogen) atoms. The van der Waals surface area contributed by atoms with Gasteiger partial charge < -0.3 is 15.8 Å². The Balaban J connectivity index is 1.92. The first kappa shape index (κ1) is 16.0. The summed E-state index contributed by atoms with van der Waals surface area (Å²) in [7, 11) is 0. The largest absolute Gasteiger partial charge is 0.381 e. The van der Waals surface area contributed by atoms with Crippen LogP contribution in [0.5, 0.6) is 0 Å². The average Bonchev–Trinajstić information content (AvgIpc) is 2.85. The van der Waals surface area contributed by atoms with Crippen molar-refractivity contribution in [3.63, 3.8) is 0 Å². The van der Waals surface area contributed by atoms with E-state index in [0.29, 0.717) is 18.7 Å². The predicted molar refractivity (Wildman–Crippen MR) is 81.1 cm³/mol. The molecule has 0 saturated carbocycles. The first-order valence-electron chi connectivity index (χ1n) is 7.64. The van der Waals surface area contributed by atoms with Crippen LogP contribution in [0.2, 0.25) is 0 Å². The van der Waals surface area contributed by atoms with Crippen molar-refractivity contribution in [2.45, 2.75) is 39.7 Å². The second kappa shape index (κ2) is 7.04. The number of aromatic nitrogens is 2. The number of amides is 1. The van der Waals surface area contributed by atoms with Gasteiger partial charge in [0.05, 0.1) is 11.8 Å². The molecule has 1 fully saturated rings. The van der Waals surface area contributed by atoms with Gasteiger partial charge in [0.2, 0.25) is 0 Å². The summed E-state index contributed by atoms with van der Waals surface area (Å²) >= 11 is 0. The van der Waals surface area contributed by atoms with Crippen LogP contribution in [0.15, 0.2) is 6.20 Å². The van der Waals surface area contributed by atoms with Gasteiger partial charge in [0.1, 0.15) is 0 Å². The molecule has 2 heterocycles. The molecule has 0 unspecified atom stereocenters. The molecule has 0 aliphatic carbocycles. The lowest BCUT2D eigenvalue weighted by Crippen LogP contribution is -2.39. The molecule has 0 radical (unpaired) electrons. The molecule has 3 N–H and O–H groups in total. The van der Waals surface area contributed by atoms with Crippen molar-refractivity contribution in [2.24, 2.45) is 11.1 Å². The van der Waals surface area contributed by atoms with Crippen molar-refractivity contribution < 1.29 is 9.53 Å². The summed E-state index contributed by atoms with van der Waals surface area (Å²) < 4.78 is 7.23. The maximum Gasteiger partial charge on any atom is 0.254 e. The molecule has 1 aromatic rings. The second-order valence-corrected chi connectivity index (χ2v) is 6.11. The molecule has 1 saturated heterocycles. The Labute approximate surface area is 126 Å². The Bertz CT molecular complexity index is 478. The lowest BCUT2D eigenvalue weighted by molar-refractivity contribution is 0.0238. The second-order valence-electron chi connectivity index (χ2n) is 6.11. The molecule has 1 amide bonds. The minimum absolute atomic E-state index is 0.0424. The monoisotopic (exact) mass is 294 g/mol. The molecule has 1 aliphatic heterocycles. The van der Waals surface area contributed by atoms with Crippen molar-refractivity contribution in [1.29, 1.82) is 0 Å². The third kappa shape index (κ3) is 4.04. The third-order valence-electron chi connectivity index (χ3n) is 4.30. The quantitative estimate of drug-likeness (QED) is 0.822. The highest BCUT2D eigenvalue weighted by Crippen LogP contribution is 2.28. The van der Waals surface area contributed by atoms with Crippen LogP contribution >= 0.6 is 0 Å². The van der Waals surface area contributed by atoms with Crippen molar-refractivity contribution in [3.05, 3.63) is 17.5 Å². The molecule has 6 heteroatoms. The summed E-state index contributed by atoms with van der Waals surface area (Å²) in [5.74, 6) is -0.0424. The van der Waals surface area contributed by atoms with Crippen molar-refractivity contribution in [3.8, 4) is 0 Å². The Morgan fingerprint density at radius 2 is 2.24 bits per heavy atom. The predicted octanol–water partition coefficient (Wildman–Crippen LogP) is 1.09. The van der Waals surface area contributed by atoms with E-state index in [1.165, 1.54) is 0 Å². The van der Waals surface area contributed by atoms with E-state index < -0.39 is 0 Å². The molecule has 0 aromatic carbocycles. The molecule has 0 spiro atoms. The Morgan fingerprint density at radius 1 is 1.52 bits per heavy atom. The van der Waals surface area contributed by atoms with Gasteiger partial charge in [-0.1, -0.05) is 6.92 Å². The summed E-state index contributed by atoms with van der Waals surface area (Å²) in [4.78, 5) is 12.3. The van der Waals surface area contributed by atoms with E-state index in [2.05, 4.69) is 17.3 Å². The Hall–Kier alpha value is -1.40. The minimum Gasteiger partial charge on any atom is -0.381 e. The number of carbonyl (C=O) groups excluding carboxylic acids is 1. The van der Waals surface area contributed by atoms with Crippen LogP contribution in [-0.2, 0) is 11.3 Å². The van der Waals surface area contributed by atoms with Gasteiger partial charge in [0.15, 0.2) is 0 Å². The number of hydrogen-bond donors (Lipinski definition) is 2. The van der Waals surface area contributed by atoms with E-state index in [1.807, 2.05) is 11.6 Å². The average molecular weight is 294 g/mol. The number of hydrogen-bond acceptors (Lipinski definition) is 4. The summed E-state index contributed by atoms with van der Waals surface area (Å²) in [5.41, 5.74) is 7.20. The van der Waals surface area contributed by atoms with Gasteiger partial charge in [0.25, 0.3) is 5.91 Å². The molecule has 1 aromatic heterocycles. The van der Waals surface area contributed by atoms with E-state index in [0.717, 1.165) is 44.7 Å². The van der Waals surface area contributed by atoms with Gasteiger partial charge in [-0.15, -0.1) is 0 Å². The molecular formula is C15H26N4O2. The van der Waals surface area contributed by atoms with Crippen LogP contribution in [0.1, 0.15) is 42.2 Å². The SMILES string of the molecule is Cc1c(C(=O)NCC2(C)CCOCC2)cnn1CCCN. The zero-order valence-corrected chi connectivity index (χ0v) is 13.0. The number of nitrogens with zero attached hydrogens (tertiary/aromatic N) is 2. The van der Waals surface area contributed by atoms with E-state index in [-0.39, 0.29) is 11.3 Å². The summed E-state index contributed by atoms with van der Waals surface area (Å²) in [6.45, 7) is 7.75. The minimum atomic E-state index is -0.0424. The standard InChI is InChI=1S/C15H26N4O2/c1-12-13(10-18-19(12)7-3-6-16)14(20)17-11-15(2)4-8-21-9-5-15/h10H,3-9,11,16H2,1-2H3,(H,17,20). The fraction of sp³-hybridized carbons (Fsp3) is 0.733. The smallest absolute Gasteiger partial charge is 0.254 e. The van der Waals surface area contributed by atoms with Gasteiger partial charge >= 0.3 is 0 Å². The lowest BCUT2D eigenvalue weighted by Gasteiger charge is -2.33. The van der Waals surface area contributed by atoms with Crippen LogP contribution < -0.4 is 11.1 Å². The number of nitrogens with two attached hydrogens (primary N) is 1. The number of carbonyl (C=O) groups is 1. The van der Waals surface area contributed by atoms with Crippen LogP contribution in [-0.4, -0.2) is 42.0 Å². The zero-order valence-electron chi connectivity index (χ0n) is 13.0. The van der Waals surface area contributed by atoms with Gasteiger partial charge in [-0.05, 0) is 38.1 Å². The lowest BCUT2D eigenvalue weighted by atomic mass is 9.82. The van der Waals surface area contributed by atoms with Gasteiger partial charge in [-0.2, -0.15) is 5.10 Å². The van der Waals surface area contributed by atoms with Gasteiger partial charge in [-0.25, -0.2) is 0 Å². The molecule has 0 atom stereocenters. The van der Waals surface area contributed by atoms with Crippen LogP contribution in [0.3, 0.4) is 0 Å². The van der Waals surface area contributed by atoms with Crippen LogP contribution in [0.4, 0.5) is 0 Å². The maximum absolute atomic E-state index is 12.3. The third-order valence-corrected chi connectivity index (χ3v) is 4.30. The van der Waals surface area contributed by atoms with Gasteiger partial charge in [0, 0.05) is 32.0 Å². The highest BCUT2D eigenvalue weighted by atomic mass is 16.5. The molecule has 1 aliphatic rings. The van der Waals surface area contributed by atoms with Crippen molar-refractivity contribution >= 4 is 5.91 Å². The zero-order chi connectivity index (χ0) is 15.3. The Morgan fingerprint density at radius 3 is 2.90 bits per heavy atom. The molecule has 2 rings (SSSR count). The summed E-state index contributed by atoms with van der Waals surface area (Å²) in [6.07, 6.45) is 4.49. The Kier molecular flexibility index (Phi) is 5.36. The van der Waals surface area contributed by atoms with Crippen LogP contribution in [0.25, 0.3) is 0 Å². The van der Waals surface area contributed by atoms with Crippen LogP contribution in [0, 0.1) is 12.3 Å². The van der Waals surface area contributed by atoms with Gasteiger partial charge in [-0.3, -0.25) is 9.48 Å². The van der Waals surface area contributed by atoms with Crippen molar-refractivity contribution in [2.75, 3.05) is 26.3 Å². The molecule has 6 nitrogen and oxygen atoms in total. The number of aryl methyl sites for hydroxylation is 1. The van der Waals surface area contributed by atoms with E-state index in [1.54, 1.807) is 6.20 Å². The summed E-state index contributed by atoms with van der Waals surface area (Å²) in [5, 5.41) is 7.31. The fourth-order valence-electron chi connectivity index (χ4n) is 2.57. The van der Waals surface area contributed by atoms with E-state index >= 15 is 0 Å². The highest BCUT2D eigenvalue weighted by molar-refractivity contribution is 5.95. The first-order valence-corrected chi connectivity index (χ1v) is 7.64.